The van der Waals surface area contributed by atoms with Crippen LogP contribution in [-0.2, 0) is 5.41 Å². The van der Waals surface area contributed by atoms with Gasteiger partial charge in [-0.2, -0.15) is 0 Å². The van der Waals surface area contributed by atoms with Crippen molar-refractivity contribution in [1.29, 1.82) is 0 Å². The van der Waals surface area contributed by atoms with Gasteiger partial charge in [-0.1, -0.05) is 17.7 Å². The van der Waals surface area contributed by atoms with Gasteiger partial charge < -0.3 is 15.2 Å². The van der Waals surface area contributed by atoms with Gasteiger partial charge in [0, 0.05) is 17.5 Å². The molecule has 3 nitrogen and oxygen atoms in total. The highest BCUT2D eigenvalue weighted by Crippen LogP contribution is 2.53. The first kappa shape index (κ1) is 11.6. The second-order valence-electron chi connectivity index (χ2n) is 4.15. The molecule has 0 aromatic heterocycles. The number of benzene rings is 1. The van der Waals surface area contributed by atoms with Gasteiger partial charge in [0.1, 0.15) is 16.5 Å². The number of halogens is 1. The highest BCUT2D eigenvalue weighted by molar-refractivity contribution is 6.33. The van der Waals surface area contributed by atoms with Crippen LogP contribution in [0.25, 0.3) is 0 Å². The van der Waals surface area contributed by atoms with E-state index in [4.69, 9.17) is 26.8 Å². The summed E-state index contributed by atoms with van der Waals surface area (Å²) in [4.78, 5) is 0. The minimum Gasteiger partial charge on any atom is -0.495 e. The Morgan fingerprint density at radius 3 is 2.44 bits per heavy atom. The second kappa shape index (κ2) is 4.15. The average Bonchev–Trinajstić information content (AvgIpc) is 3.09. The summed E-state index contributed by atoms with van der Waals surface area (Å²) in [7, 11) is 3.22. The molecule has 1 fully saturated rings. The van der Waals surface area contributed by atoms with Gasteiger partial charge in [0.2, 0.25) is 0 Å². The molecule has 88 valence electrons. The zero-order valence-corrected chi connectivity index (χ0v) is 10.3. The average molecular weight is 242 g/mol. The van der Waals surface area contributed by atoms with Crippen LogP contribution in [-0.4, -0.2) is 20.8 Å². The molecule has 4 heteroatoms. The predicted molar refractivity (Wildman–Crippen MR) is 64.5 cm³/mol. The molecule has 1 aliphatic carbocycles. The zero-order valence-electron chi connectivity index (χ0n) is 9.55. The number of nitrogens with two attached hydrogens (primary N) is 1. The summed E-state index contributed by atoms with van der Waals surface area (Å²) >= 11 is 6.21. The van der Waals surface area contributed by atoms with E-state index in [0.29, 0.717) is 23.1 Å². The molecule has 0 heterocycles. The van der Waals surface area contributed by atoms with Crippen LogP contribution in [0.4, 0.5) is 0 Å². The maximum Gasteiger partial charge on any atom is 0.145 e. The molecule has 0 aliphatic heterocycles. The number of ether oxygens (including phenoxy) is 2. The van der Waals surface area contributed by atoms with Gasteiger partial charge >= 0.3 is 0 Å². The summed E-state index contributed by atoms with van der Waals surface area (Å²) in [5, 5.41) is 0.530. The van der Waals surface area contributed by atoms with Crippen molar-refractivity contribution in [3.63, 3.8) is 0 Å². The van der Waals surface area contributed by atoms with Crippen molar-refractivity contribution in [2.45, 2.75) is 18.3 Å². The fraction of sp³-hybridized carbons (Fsp3) is 0.500. The third kappa shape index (κ3) is 1.64. The largest absolute Gasteiger partial charge is 0.495 e. The molecule has 0 unspecified atom stereocenters. The SMILES string of the molecule is COc1ccc(C2(CN)CC2)c(OC)c1Cl. The number of rotatable bonds is 4. The molecule has 0 atom stereocenters. The maximum absolute atomic E-state index is 6.21. The van der Waals surface area contributed by atoms with Crippen molar-refractivity contribution in [3.8, 4) is 11.5 Å². The van der Waals surface area contributed by atoms with Gasteiger partial charge in [-0.15, -0.1) is 0 Å². The van der Waals surface area contributed by atoms with Crippen molar-refractivity contribution in [2.24, 2.45) is 5.73 Å². The van der Waals surface area contributed by atoms with Crippen molar-refractivity contribution < 1.29 is 9.47 Å². The van der Waals surface area contributed by atoms with Crippen molar-refractivity contribution >= 4 is 11.6 Å². The number of methoxy groups -OCH3 is 2. The van der Waals surface area contributed by atoms with Gasteiger partial charge in [-0.25, -0.2) is 0 Å². The van der Waals surface area contributed by atoms with E-state index in [0.717, 1.165) is 18.4 Å². The lowest BCUT2D eigenvalue weighted by atomic mass is 9.95. The first-order valence-corrected chi connectivity index (χ1v) is 5.67. The van der Waals surface area contributed by atoms with Gasteiger partial charge in [0.25, 0.3) is 0 Å². The molecule has 2 rings (SSSR count). The van der Waals surface area contributed by atoms with Crippen molar-refractivity contribution in [2.75, 3.05) is 20.8 Å². The Kier molecular flexibility index (Phi) is 3.00. The molecule has 16 heavy (non-hydrogen) atoms. The molecule has 0 amide bonds. The van der Waals surface area contributed by atoms with E-state index in [1.807, 2.05) is 12.1 Å². The molecule has 1 saturated carbocycles. The van der Waals surface area contributed by atoms with Crippen LogP contribution >= 0.6 is 11.6 Å². The van der Waals surface area contributed by atoms with Gasteiger partial charge in [-0.3, -0.25) is 0 Å². The first-order chi connectivity index (χ1) is 7.68. The summed E-state index contributed by atoms with van der Waals surface area (Å²) in [5.74, 6) is 1.33. The summed E-state index contributed by atoms with van der Waals surface area (Å²) in [5.41, 5.74) is 6.99. The van der Waals surface area contributed by atoms with Crippen molar-refractivity contribution in [1.82, 2.24) is 0 Å². The topological polar surface area (TPSA) is 44.5 Å². The zero-order chi connectivity index (χ0) is 11.8. The fourth-order valence-corrected chi connectivity index (χ4v) is 2.37. The standard InChI is InChI=1S/C12H16ClNO2/c1-15-9-4-3-8(11(16-2)10(9)13)12(7-14)5-6-12/h3-4H,5-7,14H2,1-2H3. The Labute approximate surface area is 100 Å². The van der Waals surface area contributed by atoms with E-state index < -0.39 is 0 Å². The Morgan fingerprint density at radius 1 is 1.31 bits per heavy atom. The van der Waals surface area contributed by atoms with Crippen LogP contribution in [0.15, 0.2) is 12.1 Å². The van der Waals surface area contributed by atoms with Crippen LogP contribution in [0.3, 0.4) is 0 Å². The Hall–Kier alpha value is -0.930. The van der Waals surface area contributed by atoms with Crippen LogP contribution < -0.4 is 15.2 Å². The number of hydrogen-bond acceptors (Lipinski definition) is 3. The molecule has 0 radical (unpaired) electrons. The molecule has 0 saturated heterocycles. The summed E-state index contributed by atoms with van der Waals surface area (Å²) in [6.45, 7) is 0.631. The molecular weight excluding hydrogens is 226 g/mol. The molecule has 2 N–H and O–H groups in total. The third-order valence-electron chi connectivity index (χ3n) is 3.30. The Bertz CT molecular complexity index is 402. The second-order valence-corrected chi connectivity index (χ2v) is 4.53. The summed E-state index contributed by atoms with van der Waals surface area (Å²) in [6, 6.07) is 3.87. The minimum absolute atomic E-state index is 0.0707. The minimum atomic E-state index is 0.0707. The van der Waals surface area contributed by atoms with Gasteiger partial charge in [-0.05, 0) is 18.9 Å². The molecule has 0 spiro atoms. The van der Waals surface area contributed by atoms with Gasteiger partial charge in [0.05, 0.1) is 14.2 Å². The molecule has 1 aliphatic rings. The van der Waals surface area contributed by atoms with Crippen LogP contribution in [0.5, 0.6) is 11.5 Å². The van der Waals surface area contributed by atoms with E-state index in [1.54, 1.807) is 14.2 Å². The smallest absolute Gasteiger partial charge is 0.145 e. The molecule has 1 aromatic carbocycles. The Balaban J connectivity index is 2.50. The van der Waals surface area contributed by atoms with E-state index in [-0.39, 0.29) is 5.41 Å². The highest BCUT2D eigenvalue weighted by atomic mass is 35.5. The molecular formula is C12H16ClNO2. The summed E-state index contributed by atoms with van der Waals surface area (Å²) in [6.07, 6.45) is 2.20. The van der Waals surface area contributed by atoms with Crippen molar-refractivity contribution in [3.05, 3.63) is 22.7 Å². The molecule has 0 bridgehead atoms. The number of hydrogen-bond donors (Lipinski definition) is 1. The third-order valence-corrected chi connectivity index (χ3v) is 3.66. The lowest BCUT2D eigenvalue weighted by Gasteiger charge is -2.19. The summed E-state index contributed by atoms with van der Waals surface area (Å²) < 4.78 is 10.5. The van der Waals surface area contributed by atoms with Crippen LogP contribution in [0, 0.1) is 0 Å². The highest BCUT2D eigenvalue weighted by Gasteiger charge is 2.45. The first-order valence-electron chi connectivity index (χ1n) is 5.29. The van der Waals surface area contributed by atoms with E-state index in [1.165, 1.54) is 0 Å². The fourth-order valence-electron chi connectivity index (χ4n) is 2.05. The van der Waals surface area contributed by atoms with E-state index >= 15 is 0 Å². The quantitative estimate of drug-likeness (QED) is 0.880. The normalized spacial score (nSPS) is 17.0. The lowest BCUT2D eigenvalue weighted by Crippen LogP contribution is -2.20. The maximum atomic E-state index is 6.21. The van der Waals surface area contributed by atoms with E-state index in [9.17, 15) is 0 Å². The Morgan fingerprint density at radius 2 is 2.00 bits per heavy atom. The van der Waals surface area contributed by atoms with Gasteiger partial charge in [0.15, 0.2) is 0 Å². The van der Waals surface area contributed by atoms with E-state index in [2.05, 4.69) is 0 Å². The van der Waals surface area contributed by atoms with Crippen LogP contribution in [0.1, 0.15) is 18.4 Å². The lowest BCUT2D eigenvalue weighted by molar-refractivity contribution is 0.388. The monoisotopic (exact) mass is 241 g/mol. The predicted octanol–water partition coefficient (Wildman–Crippen LogP) is 2.35. The molecule has 1 aromatic rings. The van der Waals surface area contributed by atoms with Crippen LogP contribution in [0.2, 0.25) is 5.02 Å².